The van der Waals surface area contributed by atoms with Crippen LogP contribution in [0.25, 0.3) is 17.1 Å². The Morgan fingerprint density at radius 2 is 1.95 bits per heavy atom. The Labute approximate surface area is 115 Å². The second kappa shape index (κ2) is 4.82. The first kappa shape index (κ1) is 11.9. The standard InChI is InChI=1S/C14H10N6/c15-7-11-5-6-17-8-13(11)20-9-18-14(19-20)10-1-3-12(16)4-2-10/h1-6,8-9H,16H2. The van der Waals surface area contributed by atoms with Gasteiger partial charge in [0.25, 0.3) is 0 Å². The van der Waals surface area contributed by atoms with Gasteiger partial charge in [0.05, 0.1) is 11.8 Å². The molecular weight excluding hydrogens is 252 g/mol. The highest BCUT2D eigenvalue weighted by Gasteiger charge is 2.08. The van der Waals surface area contributed by atoms with Gasteiger partial charge in [0.1, 0.15) is 18.1 Å². The molecule has 3 aromatic rings. The highest BCUT2D eigenvalue weighted by atomic mass is 15.3. The summed E-state index contributed by atoms with van der Waals surface area (Å²) in [5.74, 6) is 0.567. The van der Waals surface area contributed by atoms with Gasteiger partial charge in [-0.15, -0.1) is 5.10 Å². The van der Waals surface area contributed by atoms with Gasteiger partial charge in [-0.3, -0.25) is 4.98 Å². The number of nitrogens with zero attached hydrogens (tertiary/aromatic N) is 5. The van der Waals surface area contributed by atoms with E-state index >= 15 is 0 Å². The highest BCUT2D eigenvalue weighted by molar-refractivity contribution is 5.58. The van der Waals surface area contributed by atoms with E-state index in [2.05, 4.69) is 21.1 Å². The minimum absolute atomic E-state index is 0.494. The summed E-state index contributed by atoms with van der Waals surface area (Å²) in [6.45, 7) is 0. The number of pyridine rings is 1. The molecule has 0 radical (unpaired) electrons. The Morgan fingerprint density at radius 3 is 2.70 bits per heavy atom. The molecule has 20 heavy (non-hydrogen) atoms. The van der Waals surface area contributed by atoms with E-state index in [1.165, 1.54) is 4.68 Å². The van der Waals surface area contributed by atoms with Crippen molar-refractivity contribution in [3.8, 4) is 23.1 Å². The fourth-order valence-electron chi connectivity index (χ4n) is 1.81. The molecule has 0 aliphatic rings. The first-order valence-electron chi connectivity index (χ1n) is 5.90. The van der Waals surface area contributed by atoms with Crippen LogP contribution in [0, 0.1) is 11.3 Å². The Morgan fingerprint density at radius 1 is 1.15 bits per heavy atom. The maximum Gasteiger partial charge on any atom is 0.181 e. The monoisotopic (exact) mass is 262 g/mol. The fraction of sp³-hybridized carbons (Fsp3) is 0. The summed E-state index contributed by atoms with van der Waals surface area (Å²) in [7, 11) is 0. The quantitative estimate of drug-likeness (QED) is 0.710. The molecule has 2 aromatic heterocycles. The van der Waals surface area contributed by atoms with E-state index in [0.29, 0.717) is 22.8 Å². The molecule has 0 saturated carbocycles. The van der Waals surface area contributed by atoms with Gasteiger partial charge in [-0.2, -0.15) is 5.26 Å². The van der Waals surface area contributed by atoms with Crippen LogP contribution in [0.5, 0.6) is 0 Å². The number of anilines is 1. The van der Waals surface area contributed by atoms with E-state index in [4.69, 9.17) is 11.0 Å². The molecule has 6 nitrogen and oxygen atoms in total. The van der Waals surface area contributed by atoms with Crippen LogP contribution in [0.15, 0.2) is 49.1 Å². The van der Waals surface area contributed by atoms with Gasteiger partial charge in [0, 0.05) is 17.4 Å². The SMILES string of the molecule is N#Cc1ccncc1-n1cnc(-c2ccc(N)cc2)n1. The average Bonchev–Trinajstić information content (AvgIpc) is 2.97. The minimum Gasteiger partial charge on any atom is -0.399 e. The Bertz CT molecular complexity index is 782. The third-order valence-electron chi connectivity index (χ3n) is 2.83. The van der Waals surface area contributed by atoms with Crippen molar-refractivity contribution in [3.63, 3.8) is 0 Å². The third kappa shape index (κ3) is 2.08. The molecule has 6 heteroatoms. The molecule has 1 aromatic carbocycles. The van der Waals surface area contributed by atoms with Crippen molar-refractivity contribution < 1.29 is 0 Å². The maximum atomic E-state index is 9.08. The molecule has 0 atom stereocenters. The molecule has 0 spiro atoms. The van der Waals surface area contributed by atoms with E-state index < -0.39 is 0 Å². The van der Waals surface area contributed by atoms with Gasteiger partial charge >= 0.3 is 0 Å². The lowest BCUT2D eigenvalue weighted by Gasteiger charge is -2.01. The molecule has 3 rings (SSSR count). The largest absolute Gasteiger partial charge is 0.399 e. The third-order valence-corrected chi connectivity index (χ3v) is 2.83. The summed E-state index contributed by atoms with van der Waals surface area (Å²) >= 11 is 0. The van der Waals surface area contributed by atoms with Crippen molar-refractivity contribution >= 4 is 5.69 Å². The van der Waals surface area contributed by atoms with Crippen LogP contribution in [0.3, 0.4) is 0 Å². The van der Waals surface area contributed by atoms with E-state index in [9.17, 15) is 0 Å². The topological polar surface area (TPSA) is 93.4 Å². The first-order valence-corrected chi connectivity index (χ1v) is 5.90. The van der Waals surface area contributed by atoms with Gasteiger partial charge in [-0.1, -0.05) is 0 Å². The van der Waals surface area contributed by atoms with Crippen LogP contribution in [0.4, 0.5) is 5.69 Å². The van der Waals surface area contributed by atoms with Crippen LogP contribution in [-0.4, -0.2) is 19.7 Å². The molecule has 0 fully saturated rings. The highest BCUT2D eigenvalue weighted by Crippen LogP contribution is 2.18. The lowest BCUT2D eigenvalue weighted by molar-refractivity contribution is 0.872. The Hall–Kier alpha value is -3.20. The Balaban J connectivity index is 2.02. The van der Waals surface area contributed by atoms with Crippen molar-refractivity contribution in [2.75, 3.05) is 5.73 Å². The number of hydrogen-bond donors (Lipinski definition) is 1. The fourth-order valence-corrected chi connectivity index (χ4v) is 1.81. The van der Waals surface area contributed by atoms with Crippen LogP contribution in [0.2, 0.25) is 0 Å². The maximum absolute atomic E-state index is 9.08. The normalized spacial score (nSPS) is 10.2. The minimum atomic E-state index is 0.494. The van der Waals surface area contributed by atoms with Gasteiger partial charge in [0.2, 0.25) is 0 Å². The predicted molar refractivity (Wildman–Crippen MR) is 73.7 cm³/mol. The van der Waals surface area contributed by atoms with Crippen molar-refractivity contribution in [2.45, 2.75) is 0 Å². The second-order valence-corrected chi connectivity index (χ2v) is 4.14. The van der Waals surface area contributed by atoms with Crippen molar-refractivity contribution in [3.05, 3.63) is 54.6 Å². The number of nitrogens with two attached hydrogens (primary N) is 1. The lowest BCUT2D eigenvalue weighted by Crippen LogP contribution is -1.99. The summed E-state index contributed by atoms with van der Waals surface area (Å²) in [5.41, 5.74) is 8.29. The number of hydrogen-bond acceptors (Lipinski definition) is 5. The smallest absolute Gasteiger partial charge is 0.181 e. The molecule has 0 unspecified atom stereocenters. The van der Waals surface area contributed by atoms with E-state index in [-0.39, 0.29) is 0 Å². The second-order valence-electron chi connectivity index (χ2n) is 4.14. The van der Waals surface area contributed by atoms with E-state index in [1.54, 1.807) is 36.9 Å². The first-order chi connectivity index (χ1) is 9.78. The van der Waals surface area contributed by atoms with E-state index in [0.717, 1.165) is 5.56 Å². The van der Waals surface area contributed by atoms with Gasteiger partial charge < -0.3 is 5.73 Å². The van der Waals surface area contributed by atoms with Crippen molar-refractivity contribution in [1.82, 2.24) is 19.7 Å². The van der Waals surface area contributed by atoms with Crippen LogP contribution in [-0.2, 0) is 0 Å². The molecular formula is C14H10N6. The molecule has 0 aliphatic carbocycles. The van der Waals surface area contributed by atoms with Gasteiger partial charge in [-0.25, -0.2) is 9.67 Å². The molecule has 2 heterocycles. The number of nitriles is 1. The number of rotatable bonds is 2. The number of aromatic nitrogens is 4. The molecule has 96 valence electrons. The van der Waals surface area contributed by atoms with Crippen LogP contribution >= 0.6 is 0 Å². The summed E-state index contributed by atoms with van der Waals surface area (Å²) in [6.07, 6.45) is 4.71. The predicted octanol–water partition coefficient (Wildman–Crippen LogP) is 1.78. The average molecular weight is 262 g/mol. The lowest BCUT2D eigenvalue weighted by atomic mass is 10.2. The molecule has 0 bridgehead atoms. The summed E-state index contributed by atoms with van der Waals surface area (Å²) in [6, 6.07) is 11.0. The Kier molecular flexibility index (Phi) is 2.86. The summed E-state index contributed by atoms with van der Waals surface area (Å²) in [5, 5.41) is 13.4. The van der Waals surface area contributed by atoms with Crippen molar-refractivity contribution in [1.29, 1.82) is 5.26 Å². The van der Waals surface area contributed by atoms with Gasteiger partial charge in [-0.05, 0) is 30.3 Å². The molecule has 0 aliphatic heterocycles. The van der Waals surface area contributed by atoms with Crippen molar-refractivity contribution in [2.24, 2.45) is 0 Å². The molecule has 0 amide bonds. The molecule has 2 N–H and O–H groups in total. The summed E-state index contributed by atoms with van der Waals surface area (Å²) < 4.78 is 1.54. The zero-order chi connectivity index (χ0) is 13.9. The van der Waals surface area contributed by atoms with E-state index in [1.807, 2.05) is 12.1 Å². The number of benzene rings is 1. The zero-order valence-corrected chi connectivity index (χ0v) is 10.4. The van der Waals surface area contributed by atoms with Crippen LogP contribution in [0.1, 0.15) is 5.56 Å². The van der Waals surface area contributed by atoms with Gasteiger partial charge in [0.15, 0.2) is 5.82 Å². The van der Waals surface area contributed by atoms with Crippen LogP contribution < -0.4 is 5.73 Å². The number of nitrogen functional groups attached to an aromatic ring is 1. The molecule has 0 saturated heterocycles. The summed E-state index contributed by atoms with van der Waals surface area (Å²) in [4.78, 5) is 8.25. The zero-order valence-electron chi connectivity index (χ0n) is 10.4.